The smallest absolute Gasteiger partial charge is 0.146 e. The van der Waals surface area contributed by atoms with Gasteiger partial charge in [-0.25, -0.2) is 4.98 Å². The van der Waals surface area contributed by atoms with Gasteiger partial charge in [0.05, 0.1) is 11.2 Å². The summed E-state index contributed by atoms with van der Waals surface area (Å²) in [5, 5.41) is 4.65. The summed E-state index contributed by atoms with van der Waals surface area (Å²) in [4.78, 5) is 5.28. The highest BCUT2D eigenvalue weighted by Crippen LogP contribution is 2.44. The third-order valence-corrected chi connectivity index (χ3v) is 8.15. The van der Waals surface area contributed by atoms with Crippen molar-refractivity contribution in [2.24, 2.45) is 0 Å². The average Bonchev–Trinajstić information content (AvgIpc) is 3.36. The largest absolute Gasteiger partial charge is 0.455 e. The van der Waals surface area contributed by atoms with Crippen LogP contribution in [0.1, 0.15) is 82.6 Å². The normalized spacial score (nSPS) is 12.4. The van der Waals surface area contributed by atoms with Gasteiger partial charge < -0.3 is 4.42 Å². The van der Waals surface area contributed by atoms with Crippen molar-refractivity contribution in [3.63, 3.8) is 0 Å². The molecule has 2 nitrogen and oxygen atoms in total. The van der Waals surface area contributed by atoms with E-state index in [4.69, 9.17) is 9.40 Å². The molecule has 0 fully saturated rings. The zero-order valence-electron chi connectivity index (χ0n) is 25.0. The second-order valence-electron chi connectivity index (χ2n) is 13.0. The van der Waals surface area contributed by atoms with Gasteiger partial charge in [0.2, 0.25) is 0 Å². The van der Waals surface area contributed by atoms with Crippen LogP contribution in [0.4, 0.5) is 0 Å². The number of furan rings is 1. The molecule has 0 saturated carbocycles. The number of benzene rings is 4. The van der Waals surface area contributed by atoms with Crippen molar-refractivity contribution in [3.05, 3.63) is 101 Å². The van der Waals surface area contributed by atoms with Gasteiger partial charge in [0.1, 0.15) is 11.3 Å². The Labute approximate surface area is 238 Å². The minimum Gasteiger partial charge on any atom is -0.455 e. The molecule has 0 atom stereocenters. The summed E-state index contributed by atoms with van der Waals surface area (Å²) in [6, 6.07) is 28.6. The SMILES string of the molecule is Cc1cc(C(C)C)c(-c2cc3c(-c4cc(C(C)(C)C)c5ccccc5c4)nc4ccccc4c3o2)c(C(C)C)c1. The van der Waals surface area contributed by atoms with Crippen LogP contribution in [0.5, 0.6) is 0 Å². The average molecular weight is 526 g/mol. The fourth-order valence-electron chi connectivity index (χ4n) is 6.16. The van der Waals surface area contributed by atoms with Crippen LogP contribution in [-0.2, 0) is 5.41 Å². The van der Waals surface area contributed by atoms with Crippen molar-refractivity contribution in [2.45, 2.75) is 72.6 Å². The van der Waals surface area contributed by atoms with E-state index in [1.807, 2.05) is 0 Å². The molecule has 2 heteroatoms. The van der Waals surface area contributed by atoms with Crippen LogP contribution in [0.3, 0.4) is 0 Å². The molecule has 0 amide bonds. The maximum atomic E-state index is 6.90. The van der Waals surface area contributed by atoms with Crippen molar-refractivity contribution in [1.82, 2.24) is 4.98 Å². The molecule has 0 N–H and O–H groups in total. The van der Waals surface area contributed by atoms with Crippen LogP contribution in [0, 0.1) is 6.92 Å². The van der Waals surface area contributed by atoms with E-state index in [1.165, 1.54) is 38.6 Å². The number of pyridine rings is 1. The molecule has 0 saturated heterocycles. The number of nitrogens with zero attached hydrogens (tertiary/aromatic N) is 1. The summed E-state index contributed by atoms with van der Waals surface area (Å²) < 4.78 is 6.90. The summed E-state index contributed by atoms with van der Waals surface area (Å²) in [6.07, 6.45) is 0. The lowest BCUT2D eigenvalue weighted by Crippen LogP contribution is -2.12. The van der Waals surface area contributed by atoms with Gasteiger partial charge in [0.25, 0.3) is 0 Å². The van der Waals surface area contributed by atoms with E-state index < -0.39 is 0 Å². The molecule has 0 radical (unpaired) electrons. The first-order chi connectivity index (χ1) is 19.0. The third kappa shape index (κ3) is 4.40. The summed E-state index contributed by atoms with van der Waals surface area (Å²) in [5.74, 6) is 1.69. The molecule has 2 heterocycles. The minimum absolute atomic E-state index is 0.00658. The monoisotopic (exact) mass is 525 g/mol. The molecule has 0 aliphatic heterocycles. The Morgan fingerprint density at radius 3 is 1.98 bits per heavy atom. The number of rotatable bonds is 4. The first-order valence-corrected chi connectivity index (χ1v) is 14.5. The number of hydrogen-bond acceptors (Lipinski definition) is 2. The van der Waals surface area contributed by atoms with Gasteiger partial charge in [-0.3, -0.25) is 0 Å². The zero-order valence-corrected chi connectivity index (χ0v) is 25.0. The third-order valence-electron chi connectivity index (χ3n) is 8.15. The molecule has 202 valence electrons. The van der Waals surface area contributed by atoms with Crippen molar-refractivity contribution in [1.29, 1.82) is 0 Å². The van der Waals surface area contributed by atoms with Gasteiger partial charge >= 0.3 is 0 Å². The zero-order chi connectivity index (χ0) is 28.3. The summed E-state index contributed by atoms with van der Waals surface area (Å²) in [5.41, 5.74) is 10.5. The highest BCUT2D eigenvalue weighted by molar-refractivity contribution is 6.10. The Bertz CT molecular complexity index is 1870. The van der Waals surface area contributed by atoms with Gasteiger partial charge in [-0.15, -0.1) is 0 Å². The standard InChI is InChI=1S/C38H39NO/c1-22(2)29-17-24(5)18-30(23(3)4)35(29)34-21-31-36(39-33-16-12-11-15-28(33)37(31)40-34)26-19-25-13-9-10-14-27(25)32(20-26)38(6,7)8/h9-23H,1-8H3. The number of hydrogen-bond donors (Lipinski definition) is 0. The van der Waals surface area contributed by atoms with E-state index in [0.717, 1.165) is 38.9 Å². The van der Waals surface area contributed by atoms with E-state index >= 15 is 0 Å². The van der Waals surface area contributed by atoms with E-state index in [-0.39, 0.29) is 5.41 Å². The van der Waals surface area contributed by atoms with E-state index in [0.29, 0.717) is 11.8 Å². The second kappa shape index (κ2) is 9.63. The molecular weight excluding hydrogens is 486 g/mol. The summed E-state index contributed by atoms with van der Waals surface area (Å²) >= 11 is 0. The first-order valence-electron chi connectivity index (χ1n) is 14.5. The lowest BCUT2D eigenvalue weighted by Gasteiger charge is -2.23. The Balaban J connectivity index is 1.72. The van der Waals surface area contributed by atoms with Crippen molar-refractivity contribution in [2.75, 3.05) is 0 Å². The molecule has 40 heavy (non-hydrogen) atoms. The van der Waals surface area contributed by atoms with Crippen molar-refractivity contribution >= 4 is 32.6 Å². The number of aromatic nitrogens is 1. The molecule has 0 unspecified atom stereocenters. The van der Waals surface area contributed by atoms with Gasteiger partial charge in [-0.05, 0) is 82.0 Å². The maximum absolute atomic E-state index is 6.90. The highest BCUT2D eigenvalue weighted by atomic mass is 16.3. The van der Waals surface area contributed by atoms with Crippen LogP contribution in [0.25, 0.3) is 55.2 Å². The summed E-state index contributed by atoms with van der Waals surface area (Å²) in [7, 11) is 0. The first kappa shape index (κ1) is 26.3. The predicted octanol–water partition coefficient (Wildman–Crippen LogP) is 11.3. The quantitative estimate of drug-likeness (QED) is 0.229. The topological polar surface area (TPSA) is 26.0 Å². The predicted molar refractivity (Wildman–Crippen MR) is 172 cm³/mol. The fraction of sp³-hybridized carbons (Fsp3) is 0.289. The number of para-hydroxylation sites is 1. The van der Waals surface area contributed by atoms with Crippen LogP contribution in [0.2, 0.25) is 0 Å². The van der Waals surface area contributed by atoms with Crippen LogP contribution in [0.15, 0.2) is 83.3 Å². The van der Waals surface area contributed by atoms with Crippen molar-refractivity contribution < 1.29 is 4.42 Å². The molecule has 0 bridgehead atoms. The molecule has 4 aromatic carbocycles. The lowest BCUT2D eigenvalue weighted by atomic mass is 9.82. The molecular formula is C38H39NO. The van der Waals surface area contributed by atoms with Gasteiger partial charge in [0, 0.05) is 21.9 Å². The van der Waals surface area contributed by atoms with E-state index in [2.05, 4.69) is 134 Å². The summed E-state index contributed by atoms with van der Waals surface area (Å²) in [6.45, 7) is 18.2. The molecule has 0 aliphatic rings. The molecule has 0 spiro atoms. The van der Waals surface area contributed by atoms with Crippen LogP contribution >= 0.6 is 0 Å². The maximum Gasteiger partial charge on any atom is 0.146 e. The highest BCUT2D eigenvalue weighted by Gasteiger charge is 2.24. The lowest BCUT2D eigenvalue weighted by molar-refractivity contribution is 0.596. The number of fused-ring (bicyclic) bond motifs is 4. The molecule has 6 aromatic rings. The van der Waals surface area contributed by atoms with E-state index in [1.54, 1.807) is 0 Å². The van der Waals surface area contributed by atoms with Crippen LogP contribution < -0.4 is 0 Å². The Kier molecular flexibility index (Phi) is 6.33. The van der Waals surface area contributed by atoms with Gasteiger partial charge in [-0.1, -0.05) is 103 Å². The fourth-order valence-corrected chi connectivity index (χ4v) is 6.16. The molecule has 6 rings (SSSR count). The number of aryl methyl sites for hydroxylation is 1. The minimum atomic E-state index is -0.00658. The van der Waals surface area contributed by atoms with E-state index in [9.17, 15) is 0 Å². The van der Waals surface area contributed by atoms with Gasteiger partial charge in [0.15, 0.2) is 0 Å². The molecule has 0 aliphatic carbocycles. The second-order valence-corrected chi connectivity index (χ2v) is 13.0. The van der Waals surface area contributed by atoms with Crippen molar-refractivity contribution in [3.8, 4) is 22.6 Å². The molecule has 2 aromatic heterocycles. The Morgan fingerprint density at radius 2 is 1.32 bits per heavy atom. The van der Waals surface area contributed by atoms with Gasteiger partial charge in [-0.2, -0.15) is 0 Å². The Hall–Kier alpha value is -3.91. The Morgan fingerprint density at radius 1 is 0.700 bits per heavy atom. The van der Waals surface area contributed by atoms with Crippen LogP contribution in [-0.4, -0.2) is 4.98 Å².